The number of allylic oxidation sites excluding steroid dienone is 1. The van der Waals surface area contributed by atoms with Crippen molar-refractivity contribution in [3.8, 4) is 0 Å². The summed E-state index contributed by atoms with van der Waals surface area (Å²) in [5, 5.41) is 2.02. The van der Waals surface area contributed by atoms with Crippen molar-refractivity contribution < 1.29 is 9.21 Å². The number of aryl methyl sites for hydroxylation is 2. The maximum atomic E-state index is 13.0. The fraction of sp³-hybridized carbons (Fsp3) is 0.417. The Kier molecular flexibility index (Phi) is 5.23. The van der Waals surface area contributed by atoms with Crippen LogP contribution in [0.3, 0.4) is 0 Å². The maximum Gasteiger partial charge on any atom is 0.252 e. The van der Waals surface area contributed by atoms with Crippen LogP contribution in [0.4, 0.5) is 0 Å². The summed E-state index contributed by atoms with van der Waals surface area (Å²) in [6.45, 7) is 6.01. The van der Waals surface area contributed by atoms with E-state index in [1.54, 1.807) is 6.08 Å². The number of pyridine rings is 1. The predicted molar refractivity (Wildman–Crippen MR) is 126 cm³/mol. The van der Waals surface area contributed by atoms with Gasteiger partial charge in [0.1, 0.15) is 5.76 Å². The number of carbonyl (C=O) groups is 1. The first-order valence-corrected chi connectivity index (χ1v) is 12.0. The van der Waals surface area contributed by atoms with Gasteiger partial charge in [-0.25, -0.2) is 0 Å². The fourth-order valence-electron chi connectivity index (χ4n) is 4.74. The molecule has 2 aromatic heterocycles. The molecular weight excluding hydrogens is 407 g/mol. The zero-order chi connectivity index (χ0) is 21.7. The molecule has 1 saturated heterocycles. The van der Waals surface area contributed by atoms with Gasteiger partial charge in [0.05, 0.1) is 17.2 Å². The van der Waals surface area contributed by atoms with E-state index < -0.39 is 0 Å². The van der Waals surface area contributed by atoms with Crippen LogP contribution in [0.25, 0.3) is 16.3 Å². The summed E-state index contributed by atoms with van der Waals surface area (Å²) in [6.07, 6.45) is 10.5. The van der Waals surface area contributed by atoms with Crippen molar-refractivity contribution in [2.75, 3.05) is 27.2 Å². The molecule has 1 fully saturated rings. The second-order valence-electron chi connectivity index (χ2n) is 8.87. The number of hydrogen-bond acceptors (Lipinski definition) is 5. The highest BCUT2D eigenvalue weighted by atomic mass is 31.1. The molecule has 1 amide bonds. The van der Waals surface area contributed by atoms with E-state index in [4.69, 9.17) is 4.42 Å². The number of rotatable bonds is 3. The highest BCUT2D eigenvalue weighted by Gasteiger charge is 2.31. The van der Waals surface area contributed by atoms with Crippen LogP contribution in [0.5, 0.6) is 0 Å². The highest BCUT2D eigenvalue weighted by molar-refractivity contribution is 7.51. The Morgan fingerprint density at radius 1 is 1.19 bits per heavy atom. The van der Waals surface area contributed by atoms with E-state index in [9.17, 15) is 4.79 Å². The van der Waals surface area contributed by atoms with Gasteiger partial charge in [0.15, 0.2) is 5.58 Å². The summed E-state index contributed by atoms with van der Waals surface area (Å²) >= 11 is 0. The number of fused-ring (bicyclic) bond motifs is 2. The lowest BCUT2D eigenvalue weighted by Gasteiger charge is -2.40. The van der Waals surface area contributed by atoms with Crippen LogP contribution < -0.4 is 0 Å². The number of furan rings is 1. The van der Waals surface area contributed by atoms with Gasteiger partial charge < -0.3 is 19.1 Å². The van der Waals surface area contributed by atoms with E-state index in [1.165, 1.54) is 0 Å². The lowest BCUT2D eigenvalue weighted by atomic mass is 10.0. The first-order chi connectivity index (χ1) is 14.9. The van der Waals surface area contributed by atoms with Crippen LogP contribution in [-0.4, -0.2) is 64.6 Å². The van der Waals surface area contributed by atoms with Crippen molar-refractivity contribution in [2.45, 2.75) is 38.5 Å². The van der Waals surface area contributed by atoms with E-state index in [2.05, 4.69) is 41.0 Å². The molecule has 0 radical (unpaired) electrons. The van der Waals surface area contributed by atoms with Crippen molar-refractivity contribution in [1.82, 2.24) is 19.7 Å². The Bertz CT molecular complexity index is 1120. The third-order valence-corrected chi connectivity index (χ3v) is 7.94. The van der Waals surface area contributed by atoms with Crippen LogP contribution in [0, 0.1) is 13.8 Å². The number of nitrogens with zero attached hydrogens (tertiary/aromatic N) is 4. The molecule has 3 aliphatic heterocycles. The normalized spacial score (nSPS) is 23.0. The SMILES string of the molecule is Cc1cc2cc(C3=CC(=O)N4C=C(N5CCC(N(C)C)CC5)C=CC4P3)oc2c(C)n1. The number of aromatic nitrogens is 1. The van der Waals surface area contributed by atoms with Gasteiger partial charge in [0, 0.05) is 47.8 Å². The highest BCUT2D eigenvalue weighted by Crippen LogP contribution is 2.46. The third kappa shape index (κ3) is 3.83. The second kappa shape index (κ2) is 7.92. The van der Waals surface area contributed by atoms with Gasteiger partial charge in [-0.1, -0.05) is 14.7 Å². The summed E-state index contributed by atoms with van der Waals surface area (Å²) in [5.74, 6) is 0.866. The molecule has 5 heterocycles. The van der Waals surface area contributed by atoms with Crippen molar-refractivity contribution in [2.24, 2.45) is 0 Å². The van der Waals surface area contributed by atoms with Crippen molar-refractivity contribution in [3.05, 3.63) is 59.4 Å². The molecule has 5 rings (SSSR count). The maximum absolute atomic E-state index is 13.0. The molecule has 2 atom stereocenters. The van der Waals surface area contributed by atoms with E-state index in [-0.39, 0.29) is 11.7 Å². The lowest BCUT2D eigenvalue weighted by Crippen LogP contribution is -2.43. The van der Waals surface area contributed by atoms with Crippen LogP contribution in [0.2, 0.25) is 0 Å². The van der Waals surface area contributed by atoms with Gasteiger partial charge in [-0.05, 0) is 59.0 Å². The van der Waals surface area contributed by atoms with Gasteiger partial charge in [-0.3, -0.25) is 9.78 Å². The summed E-state index contributed by atoms with van der Waals surface area (Å²) < 4.78 is 6.12. The number of piperidine rings is 1. The number of carbonyl (C=O) groups excluding carboxylic acids is 1. The Labute approximate surface area is 185 Å². The van der Waals surface area contributed by atoms with Gasteiger partial charge in [0.2, 0.25) is 0 Å². The molecule has 0 spiro atoms. The molecule has 2 unspecified atom stereocenters. The van der Waals surface area contributed by atoms with Crippen molar-refractivity contribution >= 4 is 30.8 Å². The smallest absolute Gasteiger partial charge is 0.252 e. The topological polar surface area (TPSA) is 52.8 Å². The molecule has 162 valence electrons. The van der Waals surface area contributed by atoms with E-state index in [0.717, 1.165) is 65.1 Å². The molecule has 6 nitrogen and oxygen atoms in total. The van der Waals surface area contributed by atoms with Crippen LogP contribution >= 0.6 is 8.58 Å². The second-order valence-corrected chi connectivity index (χ2v) is 10.3. The average molecular weight is 436 g/mol. The Morgan fingerprint density at radius 2 is 1.97 bits per heavy atom. The van der Waals surface area contributed by atoms with Gasteiger partial charge in [-0.2, -0.15) is 0 Å². The summed E-state index contributed by atoms with van der Waals surface area (Å²) in [7, 11) is 4.76. The minimum atomic E-state index is 0.0234. The van der Waals surface area contributed by atoms with E-state index >= 15 is 0 Å². The monoisotopic (exact) mass is 436 g/mol. The summed E-state index contributed by atoms with van der Waals surface area (Å²) in [5.41, 5.74) is 3.81. The quantitative estimate of drug-likeness (QED) is 0.679. The number of amides is 1. The third-order valence-electron chi connectivity index (χ3n) is 6.47. The Hall–Kier alpha value is -2.43. The van der Waals surface area contributed by atoms with Gasteiger partial charge >= 0.3 is 0 Å². The van der Waals surface area contributed by atoms with Crippen LogP contribution in [0.1, 0.15) is 30.0 Å². The predicted octanol–water partition coefficient (Wildman–Crippen LogP) is 4.07. The summed E-state index contributed by atoms with van der Waals surface area (Å²) in [4.78, 5) is 24.1. The number of likely N-dealkylation sites (tertiary alicyclic amines) is 1. The van der Waals surface area contributed by atoms with Crippen molar-refractivity contribution in [3.63, 3.8) is 0 Å². The fourth-order valence-corrected chi connectivity index (χ4v) is 6.06. The van der Waals surface area contributed by atoms with Crippen LogP contribution in [-0.2, 0) is 4.79 Å². The van der Waals surface area contributed by atoms with Gasteiger partial charge in [0.25, 0.3) is 5.91 Å². The summed E-state index contributed by atoms with van der Waals surface area (Å²) in [6, 6.07) is 4.72. The zero-order valence-electron chi connectivity index (χ0n) is 18.6. The first-order valence-electron chi connectivity index (χ1n) is 10.9. The molecule has 0 saturated carbocycles. The Morgan fingerprint density at radius 3 is 2.71 bits per heavy atom. The molecule has 0 aromatic carbocycles. The average Bonchev–Trinajstić information content (AvgIpc) is 3.18. The van der Waals surface area contributed by atoms with E-state index in [0.29, 0.717) is 14.6 Å². The van der Waals surface area contributed by atoms with Crippen molar-refractivity contribution in [1.29, 1.82) is 0 Å². The largest absolute Gasteiger partial charge is 0.454 e. The standard InChI is InChI=1S/C24H29N4O2P/c1-15-11-17-12-20(30-24(17)16(2)25-15)21-13-22(29)28-14-19(5-6-23(28)31-21)27-9-7-18(8-10-27)26(3)4/h5-6,11-14,18,23,31H,7-10H2,1-4H3. The molecule has 0 aliphatic carbocycles. The minimum absolute atomic E-state index is 0.0234. The molecule has 0 N–H and O–H groups in total. The Balaban J connectivity index is 1.36. The molecule has 2 aromatic rings. The lowest BCUT2D eigenvalue weighted by molar-refractivity contribution is -0.123. The zero-order valence-corrected chi connectivity index (χ0v) is 19.6. The molecule has 3 aliphatic rings. The van der Waals surface area contributed by atoms with Crippen LogP contribution in [0.15, 0.2) is 46.7 Å². The molecule has 0 bridgehead atoms. The molecular formula is C24H29N4O2P. The first kappa shape index (κ1) is 20.5. The molecule has 7 heteroatoms. The minimum Gasteiger partial charge on any atom is -0.454 e. The molecule has 31 heavy (non-hydrogen) atoms. The number of hydrogen-bond donors (Lipinski definition) is 0. The van der Waals surface area contributed by atoms with Gasteiger partial charge in [-0.15, -0.1) is 0 Å². The van der Waals surface area contributed by atoms with E-state index in [1.807, 2.05) is 37.1 Å².